The van der Waals surface area contributed by atoms with E-state index in [1.807, 2.05) is 36.4 Å². The Hall–Kier alpha value is -1.68. The highest BCUT2D eigenvalue weighted by Gasteiger charge is 2.37. The fourth-order valence-corrected chi connectivity index (χ4v) is 3.52. The van der Waals surface area contributed by atoms with Crippen LogP contribution in [0.15, 0.2) is 60.7 Å². The summed E-state index contributed by atoms with van der Waals surface area (Å²) in [6.45, 7) is 0. The van der Waals surface area contributed by atoms with Gasteiger partial charge in [0.1, 0.15) is 0 Å². The average molecular weight is 296 g/mol. The second kappa shape index (κ2) is 6.61. The number of nitrogens with two attached hydrogens (primary N) is 1. The number of nitrogens with one attached hydrogen (secondary N) is 1. The molecule has 0 aliphatic carbocycles. The molecule has 22 heavy (non-hydrogen) atoms. The molecule has 2 aromatic carbocycles. The number of hydrogen-bond donors (Lipinski definition) is 3. The van der Waals surface area contributed by atoms with Crippen LogP contribution in [-0.2, 0) is 12.8 Å². The van der Waals surface area contributed by atoms with Gasteiger partial charge in [0, 0.05) is 18.9 Å². The highest BCUT2D eigenvalue weighted by Crippen LogP contribution is 2.29. The largest absolute Gasteiger partial charge is 0.389 e. The maximum absolute atomic E-state index is 11.0. The molecule has 3 rings (SSSR count). The van der Waals surface area contributed by atoms with Crippen molar-refractivity contribution in [2.24, 2.45) is 5.73 Å². The van der Waals surface area contributed by atoms with Gasteiger partial charge in [0.25, 0.3) is 0 Å². The standard InChI is InChI=1S/C19H24N2O/c20-18-14-19(22,12-16-9-5-2-6-10-16)13-17(21-18)11-15-7-3-1-4-8-15/h1-10,17-18,21-22H,11-14,20H2/t17?,18?,19-/m1/s1. The summed E-state index contributed by atoms with van der Waals surface area (Å²) in [7, 11) is 0. The minimum absolute atomic E-state index is 0.156. The molecule has 3 nitrogen and oxygen atoms in total. The molecule has 0 bridgehead atoms. The van der Waals surface area contributed by atoms with Crippen LogP contribution in [0.4, 0.5) is 0 Å². The molecule has 1 aliphatic heterocycles. The molecule has 1 fully saturated rings. The van der Waals surface area contributed by atoms with Crippen LogP contribution in [0.5, 0.6) is 0 Å². The number of piperidine rings is 1. The van der Waals surface area contributed by atoms with Crippen molar-refractivity contribution in [2.75, 3.05) is 0 Å². The third-order valence-corrected chi connectivity index (χ3v) is 4.38. The van der Waals surface area contributed by atoms with E-state index in [1.54, 1.807) is 0 Å². The van der Waals surface area contributed by atoms with Gasteiger partial charge >= 0.3 is 0 Å². The highest BCUT2D eigenvalue weighted by atomic mass is 16.3. The van der Waals surface area contributed by atoms with Crippen LogP contribution in [0.1, 0.15) is 24.0 Å². The molecule has 116 valence electrons. The Bertz CT molecular complexity index is 587. The third kappa shape index (κ3) is 3.95. The highest BCUT2D eigenvalue weighted by molar-refractivity contribution is 5.19. The smallest absolute Gasteiger partial charge is 0.0730 e. The van der Waals surface area contributed by atoms with Crippen molar-refractivity contribution in [1.82, 2.24) is 5.32 Å². The van der Waals surface area contributed by atoms with Gasteiger partial charge in [-0.2, -0.15) is 0 Å². The summed E-state index contributed by atoms with van der Waals surface area (Å²) in [5.41, 5.74) is 7.84. The minimum Gasteiger partial charge on any atom is -0.389 e. The molecule has 1 heterocycles. The van der Waals surface area contributed by atoms with E-state index in [1.165, 1.54) is 5.56 Å². The summed E-state index contributed by atoms with van der Waals surface area (Å²) in [5, 5.41) is 14.4. The molecular formula is C19H24N2O. The van der Waals surface area contributed by atoms with Gasteiger partial charge in [-0.25, -0.2) is 0 Å². The minimum atomic E-state index is -0.731. The Balaban J connectivity index is 1.70. The first-order valence-corrected chi connectivity index (χ1v) is 7.95. The van der Waals surface area contributed by atoms with Crippen molar-refractivity contribution in [3.8, 4) is 0 Å². The van der Waals surface area contributed by atoms with E-state index in [9.17, 15) is 5.11 Å². The fraction of sp³-hybridized carbons (Fsp3) is 0.368. The molecule has 0 spiro atoms. The topological polar surface area (TPSA) is 58.3 Å². The average Bonchev–Trinajstić information content (AvgIpc) is 2.47. The molecule has 0 amide bonds. The number of hydrogen-bond acceptors (Lipinski definition) is 3. The van der Waals surface area contributed by atoms with E-state index >= 15 is 0 Å². The fourth-order valence-electron chi connectivity index (χ4n) is 3.52. The molecule has 0 aromatic heterocycles. The predicted octanol–water partition coefficient (Wildman–Crippen LogP) is 2.24. The van der Waals surface area contributed by atoms with Crippen molar-refractivity contribution in [1.29, 1.82) is 0 Å². The maximum atomic E-state index is 11.0. The van der Waals surface area contributed by atoms with Crippen LogP contribution in [0.3, 0.4) is 0 Å². The summed E-state index contributed by atoms with van der Waals surface area (Å²) in [4.78, 5) is 0. The molecule has 3 atom stereocenters. The zero-order valence-electron chi connectivity index (χ0n) is 12.8. The van der Waals surface area contributed by atoms with E-state index in [4.69, 9.17) is 5.73 Å². The van der Waals surface area contributed by atoms with E-state index in [0.717, 1.165) is 18.4 Å². The Morgan fingerprint density at radius 3 is 2.18 bits per heavy atom. The predicted molar refractivity (Wildman–Crippen MR) is 89.4 cm³/mol. The van der Waals surface area contributed by atoms with Crippen LogP contribution >= 0.6 is 0 Å². The Kier molecular flexibility index (Phi) is 4.57. The first-order valence-electron chi connectivity index (χ1n) is 7.95. The summed E-state index contributed by atoms with van der Waals surface area (Å²) in [6, 6.07) is 20.7. The molecule has 2 unspecified atom stereocenters. The van der Waals surface area contributed by atoms with Gasteiger partial charge in [0.05, 0.1) is 11.8 Å². The molecule has 0 saturated carbocycles. The molecule has 1 aliphatic rings. The third-order valence-electron chi connectivity index (χ3n) is 4.38. The lowest BCUT2D eigenvalue weighted by Gasteiger charge is -2.41. The Morgan fingerprint density at radius 1 is 0.955 bits per heavy atom. The van der Waals surface area contributed by atoms with Crippen molar-refractivity contribution in [3.05, 3.63) is 71.8 Å². The van der Waals surface area contributed by atoms with E-state index in [-0.39, 0.29) is 12.2 Å². The zero-order valence-corrected chi connectivity index (χ0v) is 12.8. The molecule has 1 saturated heterocycles. The summed E-state index contributed by atoms with van der Waals surface area (Å²) in [5.74, 6) is 0. The Morgan fingerprint density at radius 2 is 1.55 bits per heavy atom. The number of aliphatic hydroxyl groups is 1. The lowest BCUT2D eigenvalue weighted by Crippen LogP contribution is -2.58. The van der Waals surface area contributed by atoms with E-state index in [0.29, 0.717) is 12.8 Å². The first-order chi connectivity index (χ1) is 10.6. The summed E-state index contributed by atoms with van der Waals surface area (Å²) < 4.78 is 0. The number of rotatable bonds is 4. The molecular weight excluding hydrogens is 272 g/mol. The zero-order chi connectivity index (χ0) is 15.4. The molecule has 3 heteroatoms. The van der Waals surface area contributed by atoms with Gasteiger partial charge in [0.15, 0.2) is 0 Å². The molecule has 4 N–H and O–H groups in total. The van der Waals surface area contributed by atoms with Gasteiger partial charge in [-0.1, -0.05) is 60.7 Å². The van der Waals surface area contributed by atoms with Gasteiger partial charge < -0.3 is 10.8 Å². The van der Waals surface area contributed by atoms with Gasteiger partial charge in [-0.3, -0.25) is 5.32 Å². The van der Waals surface area contributed by atoms with E-state index < -0.39 is 5.60 Å². The van der Waals surface area contributed by atoms with Crippen molar-refractivity contribution in [2.45, 2.75) is 43.5 Å². The number of benzene rings is 2. The van der Waals surface area contributed by atoms with E-state index in [2.05, 4.69) is 29.6 Å². The lowest BCUT2D eigenvalue weighted by atomic mass is 9.80. The first kappa shape index (κ1) is 15.2. The van der Waals surface area contributed by atoms with Crippen LogP contribution in [-0.4, -0.2) is 22.9 Å². The molecule has 2 aromatic rings. The summed E-state index contributed by atoms with van der Waals surface area (Å²) in [6.07, 6.45) is 2.72. The van der Waals surface area contributed by atoms with Crippen LogP contribution < -0.4 is 11.1 Å². The van der Waals surface area contributed by atoms with Gasteiger partial charge in [-0.15, -0.1) is 0 Å². The van der Waals surface area contributed by atoms with Crippen LogP contribution in [0, 0.1) is 0 Å². The Labute approximate surface area is 132 Å². The van der Waals surface area contributed by atoms with Crippen LogP contribution in [0.2, 0.25) is 0 Å². The van der Waals surface area contributed by atoms with Crippen molar-refractivity contribution < 1.29 is 5.11 Å². The molecule has 0 radical (unpaired) electrons. The summed E-state index contributed by atoms with van der Waals surface area (Å²) >= 11 is 0. The normalized spacial score (nSPS) is 28.5. The van der Waals surface area contributed by atoms with Crippen molar-refractivity contribution in [3.63, 3.8) is 0 Å². The van der Waals surface area contributed by atoms with Gasteiger partial charge in [-0.05, 0) is 24.0 Å². The lowest BCUT2D eigenvalue weighted by molar-refractivity contribution is -0.0184. The van der Waals surface area contributed by atoms with Gasteiger partial charge in [0.2, 0.25) is 0 Å². The monoisotopic (exact) mass is 296 g/mol. The maximum Gasteiger partial charge on any atom is 0.0730 e. The van der Waals surface area contributed by atoms with Crippen molar-refractivity contribution >= 4 is 0 Å². The second-order valence-corrected chi connectivity index (χ2v) is 6.45. The van der Waals surface area contributed by atoms with Crippen LogP contribution in [0.25, 0.3) is 0 Å². The quantitative estimate of drug-likeness (QED) is 0.811. The SMILES string of the molecule is NC1C[C@@](O)(Cc2ccccc2)CC(Cc2ccccc2)N1. The second-order valence-electron chi connectivity index (χ2n) is 6.45.